The summed E-state index contributed by atoms with van der Waals surface area (Å²) in [6.07, 6.45) is 3.30. The summed E-state index contributed by atoms with van der Waals surface area (Å²) in [4.78, 5) is 2.19. The quantitative estimate of drug-likeness (QED) is 0.820. The lowest BCUT2D eigenvalue weighted by atomic mass is 9.93. The van der Waals surface area contributed by atoms with Crippen LogP contribution in [0.2, 0.25) is 5.02 Å². The molecule has 2 aromatic carbocycles. The summed E-state index contributed by atoms with van der Waals surface area (Å²) >= 11 is 6.15. The van der Waals surface area contributed by atoms with Gasteiger partial charge in [-0.3, -0.25) is 0 Å². The van der Waals surface area contributed by atoms with Crippen LogP contribution in [-0.4, -0.2) is 25.5 Å². The van der Waals surface area contributed by atoms with E-state index in [9.17, 15) is 0 Å². The van der Waals surface area contributed by atoms with Crippen molar-refractivity contribution in [3.63, 3.8) is 0 Å². The summed E-state index contributed by atoms with van der Waals surface area (Å²) in [7, 11) is 4.19. The van der Waals surface area contributed by atoms with Crippen LogP contribution in [0.15, 0.2) is 48.5 Å². The smallest absolute Gasteiger partial charge is 0.127 e. The SMILES string of the molecule is CN(C)CC/C=C1\c2ccc(Cl)cc2COc2ccccc21. The minimum Gasteiger partial charge on any atom is -0.488 e. The lowest BCUT2D eigenvalue weighted by Gasteiger charge is -2.12. The molecule has 0 atom stereocenters. The molecule has 0 unspecified atom stereocenters. The monoisotopic (exact) mass is 313 g/mol. The molecule has 0 radical (unpaired) electrons. The second kappa shape index (κ2) is 6.55. The van der Waals surface area contributed by atoms with Gasteiger partial charge in [0, 0.05) is 17.1 Å². The third-order valence-electron chi connectivity index (χ3n) is 3.84. The number of ether oxygens (including phenoxy) is 1. The molecule has 0 N–H and O–H groups in total. The first-order valence-corrected chi connectivity index (χ1v) is 7.89. The van der Waals surface area contributed by atoms with Gasteiger partial charge in [-0.25, -0.2) is 0 Å². The van der Waals surface area contributed by atoms with Crippen molar-refractivity contribution in [2.75, 3.05) is 20.6 Å². The molecule has 114 valence electrons. The van der Waals surface area contributed by atoms with E-state index < -0.39 is 0 Å². The summed E-state index contributed by atoms with van der Waals surface area (Å²) in [6, 6.07) is 14.3. The number of rotatable bonds is 3. The summed E-state index contributed by atoms with van der Waals surface area (Å²) in [6.45, 7) is 1.58. The highest BCUT2D eigenvalue weighted by Gasteiger charge is 2.18. The van der Waals surface area contributed by atoms with Crippen LogP contribution in [0.4, 0.5) is 0 Å². The molecule has 2 aromatic rings. The minimum atomic E-state index is 0.553. The van der Waals surface area contributed by atoms with E-state index in [1.807, 2.05) is 24.3 Å². The first-order chi connectivity index (χ1) is 10.6. The number of nitrogens with zero attached hydrogens (tertiary/aromatic N) is 1. The van der Waals surface area contributed by atoms with E-state index in [1.165, 1.54) is 11.1 Å². The maximum absolute atomic E-state index is 6.15. The van der Waals surface area contributed by atoms with Crippen molar-refractivity contribution in [1.82, 2.24) is 4.90 Å². The number of benzene rings is 2. The molecule has 22 heavy (non-hydrogen) atoms. The van der Waals surface area contributed by atoms with Crippen molar-refractivity contribution >= 4 is 17.2 Å². The molecule has 2 nitrogen and oxygen atoms in total. The summed E-state index contributed by atoms with van der Waals surface area (Å²) < 4.78 is 5.98. The molecule has 0 aliphatic carbocycles. The zero-order valence-electron chi connectivity index (χ0n) is 13.0. The Hall–Kier alpha value is -1.77. The highest BCUT2D eigenvalue weighted by molar-refractivity contribution is 6.30. The van der Waals surface area contributed by atoms with Gasteiger partial charge in [-0.15, -0.1) is 0 Å². The molecule has 0 aromatic heterocycles. The maximum atomic E-state index is 6.15. The van der Waals surface area contributed by atoms with Crippen LogP contribution in [-0.2, 0) is 6.61 Å². The van der Waals surface area contributed by atoms with Crippen LogP contribution < -0.4 is 4.74 Å². The number of hydrogen-bond donors (Lipinski definition) is 0. The fourth-order valence-electron chi connectivity index (χ4n) is 2.75. The summed E-state index contributed by atoms with van der Waals surface area (Å²) in [5.74, 6) is 0.936. The molecule has 1 heterocycles. The molecule has 3 heteroatoms. The molecular weight excluding hydrogens is 294 g/mol. The van der Waals surface area contributed by atoms with Crippen molar-refractivity contribution in [3.05, 3.63) is 70.3 Å². The predicted molar refractivity (Wildman–Crippen MR) is 92.5 cm³/mol. The Balaban J connectivity index is 2.08. The van der Waals surface area contributed by atoms with Crippen LogP contribution in [0.3, 0.4) is 0 Å². The topological polar surface area (TPSA) is 12.5 Å². The van der Waals surface area contributed by atoms with Crippen molar-refractivity contribution in [1.29, 1.82) is 0 Å². The van der Waals surface area contributed by atoms with Crippen molar-refractivity contribution in [2.24, 2.45) is 0 Å². The molecule has 0 saturated carbocycles. The third kappa shape index (κ3) is 3.18. The average Bonchev–Trinajstić information content (AvgIpc) is 2.64. The fourth-order valence-corrected chi connectivity index (χ4v) is 2.94. The molecule has 0 spiro atoms. The zero-order valence-corrected chi connectivity index (χ0v) is 13.7. The molecular formula is C19H20ClNO. The Morgan fingerprint density at radius 2 is 1.95 bits per heavy atom. The van der Waals surface area contributed by atoms with Crippen molar-refractivity contribution < 1.29 is 4.74 Å². The van der Waals surface area contributed by atoms with Gasteiger partial charge in [0.1, 0.15) is 12.4 Å². The van der Waals surface area contributed by atoms with E-state index in [0.29, 0.717) is 6.61 Å². The largest absolute Gasteiger partial charge is 0.488 e. The van der Waals surface area contributed by atoms with Gasteiger partial charge in [-0.2, -0.15) is 0 Å². The van der Waals surface area contributed by atoms with Crippen LogP contribution in [0.5, 0.6) is 5.75 Å². The first kappa shape index (κ1) is 15.1. The molecule has 0 saturated heterocycles. The molecule has 0 fully saturated rings. The van der Waals surface area contributed by atoms with E-state index >= 15 is 0 Å². The molecule has 1 aliphatic rings. The number of hydrogen-bond acceptors (Lipinski definition) is 2. The van der Waals surface area contributed by atoms with Crippen LogP contribution in [0.1, 0.15) is 23.1 Å². The normalized spacial score (nSPS) is 15.2. The van der Waals surface area contributed by atoms with Gasteiger partial charge in [0.15, 0.2) is 0 Å². The third-order valence-corrected chi connectivity index (χ3v) is 4.08. The van der Waals surface area contributed by atoms with Gasteiger partial charge >= 0.3 is 0 Å². The van der Waals surface area contributed by atoms with E-state index in [-0.39, 0.29) is 0 Å². The summed E-state index contributed by atoms with van der Waals surface area (Å²) in [5, 5.41) is 0.751. The Bertz CT molecular complexity index is 706. The summed E-state index contributed by atoms with van der Waals surface area (Å²) in [5.41, 5.74) is 4.75. The van der Waals surface area contributed by atoms with Crippen LogP contribution >= 0.6 is 11.6 Å². The fraction of sp³-hybridized carbons (Fsp3) is 0.263. The zero-order chi connectivity index (χ0) is 15.5. The van der Waals surface area contributed by atoms with Gasteiger partial charge < -0.3 is 9.64 Å². The highest BCUT2D eigenvalue weighted by Crippen LogP contribution is 2.37. The maximum Gasteiger partial charge on any atom is 0.127 e. The molecule has 1 aliphatic heterocycles. The Morgan fingerprint density at radius 3 is 2.77 bits per heavy atom. The van der Waals surface area contributed by atoms with Crippen LogP contribution in [0.25, 0.3) is 5.57 Å². The van der Waals surface area contributed by atoms with E-state index in [4.69, 9.17) is 16.3 Å². The Morgan fingerprint density at radius 1 is 1.14 bits per heavy atom. The van der Waals surface area contributed by atoms with Crippen LogP contribution in [0, 0.1) is 0 Å². The van der Waals surface area contributed by atoms with Gasteiger partial charge in [0.05, 0.1) is 0 Å². The first-order valence-electron chi connectivity index (χ1n) is 7.51. The minimum absolute atomic E-state index is 0.553. The Labute approximate surface area is 137 Å². The number of fused-ring (bicyclic) bond motifs is 2. The van der Waals surface area contributed by atoms with Gasteiger partial charge in [0.2, 0.25) is 0 Å². The van der Waals surface area contributed by atoms with Crippen molar-refractivity contribution in [2.45, 2.75) is 13.0 Å². The average molecular weight is 314 g/mol. The lowest BCUT2D eigenvalue weighted by Crippen LogP contribution is -2.12. The molecule has 0 bridgehead atoms. The van der Waals surface area contributed by atoms with E-state index in [1.54, 1.807) is 0 Å². The lowest BCUT2D eigenvalue weighted by molar-refractivity contribution is 0.307. The van der Waals surface area contributed by atoms with Crippen molar-refractivity contribution in [3.8, 4) is 5.75 Å². The van der Waals surface area contributed by atoms with Gasteiger partial charge in [0.25, 0.3) is 0 Å². The second-order valence-electron chi connectivity index (χ2n) is 5.80. The molecule has 3 rings (SSSR count). The standard InChI is InChI=1S/C19H20ClNO/c1-21(2)11-5-7-17-16-10-9-15(20)12-14(16)13-22-19-8-4-3-6-18(17)19/h3-4,6-10,12H,5,11,13H2,1-2H3/b17-7+. The number of halogens is 1. The molecule has 0 amide bonds. The number of para-hydroxylation sites is 1. The van der Waals surface area contributed by atoms with Gasteiger partial charge in [-0.1, -0.05) is 41.9 Å². The highest BCUT2D eigenvalue weighted by atomic mass is 35.5. The second-order valence-corrected chi connectivity index (χ2v) is 6.23. The Kier molecular flexibility index (Phi) is 4.51. The predicted octanol–water partition coefficient (Wildman–Crippen LogP) is 4.62. The van der Waals surface area contributed by atoms with E-state index in [0.717, 1.165) is 34.9 Å². The van der Waals surface area contributed by atoms with E-state index in [2.05, 4.69) is 43.3 Å². The van der Waals surface area contributed by atoms with Gasteiger partial charge in [-0.05, 0) is 55.4 Å².